The summed E-state index contributed by atoms with van der Waals surface area (Å²) >= 11 is 6.17. The Kier molecular flexibility index (Phi) is 8.69. The molecule has 0 aliphatic rings. The van der Waals surface area contributed by atoms with Crippen LogP contribution in [0.5, 0.6) is 5.75 Å². The second-order valence-corrected chi connectivity index (χ2v) is 7.04. The predicted octanol–water partition coefficient (Wildman–Crippen LogP) is 5.75. The van der Waals surface area contributed by atoms with Crippen LogP contribution >= 0.6 is 11.6 Å². The number of rotatable bonds is 11. The van der Waals surface area contributed by atoms with Gasteiger partial charge >= 0.3 is 0 Å². The summed E-state index contributed by atoms with van der Waals surface area (Å²) in [5.74, 6) is 1.59. The molecule has 0 bridgehead atoms. The van der Waals surface area contributed by atoms with Crippen molar-refractivity contribution >= 4 is 17.4 Å². The number of ether oxygens (including phenoxy) is 1. The Balaban J connectivity index is 1.74. The van der Waals surface area contributed by atoms with Crippen LogP contribution in [0.1, 0.15) is 55.8 Å². The molecule has 0 amide bonds. The van der Waals surface area contributed by atoms with Crippen molar-refractivity contribution in [3.05, 3.63) is 46.4 Å². The fourth-order valence-corrected chi connectivity index (χ4v) is 3.04. The standard InChI is InChI=1S/C21H30ClN3O/c1-4-5-6-7-8-9-18-10-11-19(16(2)14-18)26-13-12-23-21-20(22)17(3)24-15-25-21/h10-11,14-15H,4-9,12-13H2,1-3H3,(H,23,24,25). The minimum Gasteiger partial charge on any atom is -0.491 e. The quantitative estimate of drug-likeness (QED) is 0.508. The van der Waals surface area contributed by atoms with Crippen LogP contribution in [0.2, 0.25) is 5.02 Å². The summed E-state index contributed by atoms with van der Waals surface area (Å²) in [6.07, 6.45) is 9.24. The van der Waals surface area contributed by atoms with E-state index in [4.69, 9.17) is 16.3 Å². The molecule has 0 fully saturated rings. The molecule has 4 nitrogen and oxygen atoms in total. The molecule has 0 atom stereocenters. The van der Waals surface area contributed by atoms with Crippen molar-refractivity contribution in [3.8, 4) is 5.75 Å². The molecule has 1 heterocycles. The van der Waals surface area contributed by atoms with Crippen molar-refractivity contribution in [1.82, 2.24) is 9.97 Å². The van der Waals surface area contributed by atoms with Crippen LogP contribution in [0, 0.1) is 13.8 Å². The van der Waals surface area contributed by atoms with E-state index in [0.717, 1.165) is 17.9 Å². The molecule has 0 radical (unpaired) electrons. The third kappa shape index (κ3) is 6.49. The molecule has 0 aliphatic carbocycles. The number of anilines is 1. The third-order valence-corrected chi connectivity index (χ3v) is 4.88. The number of nitrogens with one attached hydrogen (secondary N) is 1. The topological polar surface area (TPSA) is 47.0 Å². The van der Waals surface area contributed by atoms with E-state index in [1.54, 1.807) is 0 Å². The van der Waals surface area contributed by atoms with Gasteiger partial charge in [-0.1, -0.05) is 56.3 Å². The smallest absolute Gasteiger partial charge is 0.148 e. The van der Waals surface area contributed by atoms with Crippen molar-refractivity contribution in [3.63, 3.8) is 0 Å². The van der Waals surface area contributed by atoms with E-state index in [-0.39, 0.29) is 0 Å². The maximum atomic E-state index is 6.17. The summed E-state index contributed by atoms with van der Waals surface area (Å²) in [6, 6.07) is 6.51. The number of hydrogen-bond donors (Lipinski definition) is 1. The Labute approximate surface area is 162 Å². The zero-order valence-corrected chi connectivity index (χ0v) is 16.9. The predicted molar refractivity (Wildman–Crippen MR) is 109 cm³/mol. The maximum Gasteiger partial charge on any atom is 0.148 e. The fraction of sp³-hybridized carbons (Fsp3) is 0.524. The van der Waals surface area contributed by atoms with Crippen molar-refractivity contribution in [2.45, 2.75) is 59.3 Å². The molecule has 0 saturated heterocycles. The van der Waals surface area contributed by atoms with Gasteiger partial charge < -0.3 is 10.1 Å². The zero-order valence-electron chi connectivity index (χ0n) is 16.1. The lowest BCUT2D eigenvalue weighted by Crippen LogP contribution is -2.13. The highest BCUT2D eigenvalue weighted by Crippen LogP contribution is 2.22. The van der Waals surface area contributed by atoms with Crippen LogP contribution < -0.4 is 10.1 Å². The average molecular weight is 376 g/mol. The normalized spacial score (nSPS) is 10.8. The van der Waals surface area contributed by atoms with Gasteiger partial charge in [0.25, 0.3) is 0 Å². The van der Waals surface area contributed by atoms with Crippen LogP contribution in [0.25, 0.3) is 0 Å². The Hall–Kier alpha value is -1.81. The second kappa shape index (κ2) is 11.0. The molecule has 1 N–H and O–H groups in total. The largest absolute Gasteiger partial charge is 0.491 e. The van der Waals surface area contributed by atoms with Gasteiger partial charge in [0.15, 0.2) is 0 Å². The van der Waals surface area contributed by atoms with E-state index in [9.17, 15) is 0 Å². The Bertz CT molecular complexity index is 691. The lowest BCUT2D eigenvalue weighted by Gasteiger charge is -2.12. The molecule has 5 heteroatoms. The van der Waals surface area contributed by atoms with Gasteiger partial charge in [0.05, 0.1) is 12.2 Å². The van der Waals surface area contributed by atoms with Crippen LogP contribution in [-0.2, 0) is 6.42 Å². The Morgan fingerprint density at radius 1 is 1.08 bits per heavy atom. The average Bonchev–Trinajstić information content (AvgIpc) is 2.63. The van der Waals surface area contributed by atoms with Gasteiger partial charge in [-0.05, 0) is 43.9 Å². The second-order valence-electron chi connectivity index (χ2n) is 6.66. The maximum absolute atomic E-state index is 6.17. The van der Waals surface area contributed by atoms with E-state index < -0.39 is 0 Å². The van der Waals surface area contributed by atoms with Crippen molar-refractivity contribution in [2.24, 2.45) is 0 Å². The van der Waals surface area contributed by atoms with Gasteiger partial charge in [0.1, 0.15) is 29.5 Å². The minimum atomic E-state index is 0.552. The molecule has 1 aromatic heterocycles. The van der Waals surface area contributed by atoms with Crippen LogP contribution in [0.4, 0.5) is 5.82 Å². The molecular formula is C21H30ClN3O. The SMILES string of the molecule is CCCCCCCc1ccc(OCCNc2ncnc(C)c2Cl)c(C)c1. The molecule has 142 valence electrons. The van der Waals surface area contributed by atoms with E-state index in [0.29, 0.717) is 24.0 Å². The highest BCUT2D eigenvalue weighted by Gasteiger charge is 2.05. The highest BCUT2D eigenvalue weighted by atomic mass is 35.5. The number of aryl methyl sites for hydroxylation is 3. The molecule has 0 saturated carbocycles. The number of hydrogen-bond acceptors (Lipinski definition) is 4. The van der Waals surface area contributed by atoms with Gasteiger partial charge in [-0.3, -0.25) is 0 Å². The van der Waals surface area contributed by atoms with Crippen molar-refractivity contribution in [1.29, 1.82) is 0 Å². The van der Waals surface area contributed by atoms with Crippen molar-refractivity contribution < 1.29 is 4.74 Å². The summed E-state index contributed by atoms with van der Waals surface area (Å²) in [4.78, 5) is 8.21. The van der Waals surface area contributed by atoms with E-state index in [1.807, 2.05) is 6.92 Å². The molecule has 1 aromatic carbocycles. The minimum absolute atomic E-state index is 0.552. The van der Waals surface area contributed by atoms with Crippen LogP contribution in [0.15, 0.2) is 24.5 Å². The third-order valence-electron chi connectivity index (χ3n) is 4.42. The van der Waals surface area contributed by atoms with Gasteiger partial charge in [-0.25, -0.2) is 9.97 Å². The van der Waals surface area contributed by atoms with Gasteiger partial charge in [-0.15, -0.1) is 0 Å². The van der Waals surface area contributed by atoms with Crippen LogP contribution in [0.3, 0.4) is 0 Å². The summed E-state index contributed by atoms with van der Waals surface area (Å²) in [5.41, 5.74) is 3.35. The van der Waals surface area contributed by atoms with E-state index >= 15 is 0 Å². The summed E-state index contributed by atoms with van der Waals surface area (Å²) in [6.45, 7) is 7.40. The number of nitrogens with zero attached hydrogens (tertiary/aromatic N) is 2. The lowest BCUT2D eigenvalue weighted by molar-refractivity contribution is 0.330. The summed E-state index contributed by atoms with van der Waals surface area (Å²) in [7, 11) is 0. The van der Waals surface area contributed by atoms with E-state index in [1.165, 1.54) is 49.6 Å². The molecule has 0 spiro atoms. The van der Waals surface area contributed by atoms with E-state index in [2.05, 4.69) is 47.3 Å². The number of halogens is 1. The molecule has 2 rings (SSSR count). The molecule has 0 unspecified atom stereocenters. The van der Waals surface area contributed by atoms with Gasteiger partial charge in [0, 0.05) is 0 Å². The number of unbranched alkanes of at least 4 members (excludes halogenated alkanes) is 4. The first kappa shape index (κ1) is 20.5. The Morgan fingerprint density at radius 2 is 1.88 bits per heavy atom. The molecule has 26 heavy (non-hydrogen) atoms. The first-order valence-electron chi connectivity index (χ1n) is 9.55. The lowest BCUT2D eigenvalue weighted by atomic mass is 10.0. The summed E-state index contributed by atoms with van der Waals surface area (Å²) in [5, 5.41) is 3.75. The summed E-state index contributed by atoms with van der Waals surface area (Å²) < 4.78 is 5.89. The number of aromatic nitrogens is 2. The molecule has 0 aliphatic heterocycles. The van der Waals surface area contributed by atoms with Crippen molar-refractivity contribution in [2.75, 3.05) is 18.5 Å². The van der Waals surface area contributed by atoms with Crippen LogP contribution in [-0.4, -0.2) is 23.1 Å². The van der Waals surface area contributed by atoms with Gasteiger partial charge in [0.2, 0.25) is 0 Å². The monoisotopic (exact) mass is 375 g/mol. The highest BCUT2D eigenvalue weighted by molar-refractivity contribution is 6.33. The first-order chi connectivity index (χ1) is 12.6. The Morgan fingerprint density at radius 3 is 2.65 bits per heavy atom. The van der Waals surface area contributed by atoms with Gasteiger partial charge in [-0.2, -0.15) is 0 Å². The fourth-order valence-electron chi connectivity index (χ4n) is 2.87. The first-order valence-corrected chi connectivity index (χ1v) is 9.93. The molecular weight excluding hydrogens is 346 g/mol. The number of benzene rings is 1. The zero-order chi connectivity index (χ0) is 18.8. The molecule has 2 aromatic rings.